The summed E-state index contributed by atoms with van der Waals surface area (Å²) in [6.07, 6.45) is 0.827. The standard InChI is InChI=1S/C28H27ClN2O/c1-31(2)27(24-11-10-20-6-3-4-7-22(20)18-24)16-17-30-28(32)25-9-5-8-23(19-25)21-12-14-26(29)15-13-21/h3-15,18-19,27H,16-17H2,1-2H3,(H,30,32). The van der Waals surface area contributed by atoms with Crippen molar-refractivity contribution in [2.24, 2.45) is 0 Å². The lowest BCUT2D eigenvalue weighted by Gasteiger charge is -2.25. The molecule has 162 valence electrons. The van der Waals surface area contributed by atoms with Crippen molar-refractivity contribution in [3.8, 4) is 11.1 Å². The van der Waals surface area contributed by atoms with Crippen LogP contribution in [0, 0.1) is 0 Å². The van der Waals surface area contributed by atoms with Crippen LogP contribution < -0.4 is 5.32 Å². The topological polar surface area (TPSA) is 32.3 Å². The molecule has 4 rings (SSSR count). The zero-order valence-corrected chi connectivity index (χ0v) is 19.1. The average Bonchev–Trinajstić information content (AvgIpc) is 2.81. The molecule has 3 nitrogen and oxygen atoms in total. The van der Waals surface area contributed by atoms with Gasteiger partial charge in [-0.1, -0.05) is 72.3 Å². The number of halogens is 1. The molecule has 0 aliphatic rings. The summed E-state index contributed by atoms with van der Waals surface area (Å²) in [5.74, 6) is -0.0585. The van der Waals surface area contributed by atoms with Crippen LogP contribution in [0.15, 0.2) is 91.0 Å². The highest BCUT2D eigenvalue weighted by atomic mass is 35.5. The molecule has 0 bridgehead atoms. The van der Waals surface area contributed by atoms with Crippen molar-refractivity contribution in [1.82, 2.24) is 10.2 Å². The number of nitrogens with one attached hydrogen (secondary N) is 1. The Bertz CT molecular complexity index is 1220. The molecule has 0 heterocycles. The number of benzene rings is 4. The maximum Gasteiger partial charge on any atom is 0.251 e. The fourth-order valence-corrected chi connectivity index (χ4v) is 4.17. The summed E-state index contributed by atoms with van der Waals surface area (Å²) in [5.41, 5.74) is 3.95. The number of hydrogen-bond donors (Lipinski definition) is 1. The summed E-state index contributed by atoms with van der Waals surface area (Å²) in [4.78, 5) is 15.0. The van der Waals surface area contributed by atoms with Crippen LogP contribution in [0.25, 0.3) is 21.9 Å². The molecular weight excluding hydrogens is 416 g/mol. The lowest BCUT2D eigenvalue weighted by molar-refractivity contribution is 0.0949. The van der Waals surface area contributed by atoms with Gasteiger partial charge in [-0.05, 0) is 78.3 Å². The second-order valence-corrected chi connectivity index (χ2v) is 8.65. The maximum atomic E-state index is 12.8. The van der Waals surface area contributed by atoms with Gasteiger partial charge in [0.15, 0.2) is 0 Å². The Hall–Kier alpha value is -3.14. The van der Waals surface area contributed by atoms with Crippen molar-refractivity contribution in [3.05, 3.63) is 107 Å². The lowest BCUT2D eigenvalue weighted by Crippen LogP contribution is -2.29. The Morgan fingerprint density at radius 3 is 2.34 bits per heavy atom. The van der Waals surface area contributed by atoms with Crippen LogP contribution >= 0.6 is 11.6 Å². The summed E-state index contributed by atoms with van der Waals surface area (Å²) in [6, 6.07) is 30.5. The summed E-state index contributed by atoms with van der Waals surface area (Å²) < 4.78 is 0. The van der Waals surface area contributed by atoms with E-state index in [1.54, 1.807) is 0 Å². The molecule has 0 saturated heterocycles. The highest BCUT2D eigenvalue weighted by molar-refractivity contribution is 6.30. The van der Waals surface area contributed by atoms with Gasteiger partial charge in [0.25, 0.3) is 5.91 Å². The van der Waals surface area contributed by atoms with Crippen molar-refractivity contribution in [1.29, 1.82) is 0 Å². The lowest BCUT2D eigenvalue weighted by atomic mass is 9.99. The molecule has 1 N–H and O–H groups in total. The van der Waals surface area contributed by atoms with E-state index in [1.807, 2.05) is 48.5 Å². The minimum atomic E-state index is -0.0585. The number of carbonyl (C=O) groups excluding carboxylic acids is 1. The number of nitrogens with zero attached hydrogens (tertiary/aromatic N) is 1. The summed E-state index contributed by atoms with van der Waals surface area (Å²) in [6.45, 7) is 0.597. The minimum absolute atomic E-state index is 0.0585. The highest BCUT2D eigenvalue weighted by Crippen LogP contribution is 2.26. The van der Waals surface area contributed by atoms with E-state index in [2.05, 4.69) is 66.8 Å². The van der Waals surface area contributed by atoms with Crippen LogP contribution in [0.2, 0.25) is 5.02 Å². The molecule has 1 atom stereocenters. The first-order chi connectivity index (χ1) is 15.5. The molecule has 0 fully saturated rings. The number of hydrogen-bond acceptors (Lipinski definition) is 2. The molecule has 0 spiro atoms. The van der Waals surface area contributed by atoms with Crippen molar-refractivity contribution in [3.63, 3.8) is 0 Å². The summed E-state index contributed by atoms with van der Waals surface area (Å²) in [7, 11) is 4.16. The number of fused-ring (bicyclic) bond motifs is 1. The second-order valence-electron chi connectivity index (χ2n) is 8.22. The monoisotopic (exact) mass is 442 g/mol. The molecule has 4 aromatic rings. The molecule has 1 amide bonds. The Morgan fingerprint density at radius 1 is 0.844 bits per heavy atom. The van der Waals surface area contributed by atoms with E-state index in [9.17, 15) is 4.79 Å². The zero-order valence-electron chi connectivity index (χ0n) is 18.4. The fourth-order valence-electron chi connectivity index (χ4n) is 4.04. The van der Waals surface area contributed by atoms with Crippen molar-refractivity contribution < 1.29 is 4.79 Å². The normalized spacial score (nSPS) is 12.1. The third-order valence-electron chi connectivity index (χ3n) is 5.79. The predicted molar refractivity (Wildman–Crippen MR) is 134 cm³/mol. The first-order valence-electron chi connectivity index (χ1n) is 10.8. The van der Waals surface area contributed by atoms with E-state index in [4.69, 9.17) is 11.6 Å². The van der Waals surface area contributed by atoms with Gasteiger partial charge in [0.2, 0.25) is 0 Å². The Balaban J connectivity index is 1.42. The number of carbonyl (C=O) groups is 1. The third kappa shape index (κ3) is 5.18. The van der Waals surface area contributed by atoms with Crippen LogP contribution in [0.1, 0.15) is 28.4 Å². The Kier molecular flexibility index (Phi) is 6.89. The molecule has 32 heavy (non-hydrogen) atoms. The van der Waals surface area contributed by atoms with Crippen LogP contribution in [0.4, 0.5) is 0 Å². The smallest absolute Gasteiger partial charge is 0.251 e. The second kappa shape index (κ2) is 9.99. The van der Waals surface area contributed by atoms with Gasteiger partial charge in [-0.3, -0.25) is 4.79 Å². The van der Waals surface area contributed by atoms with Crippen molar-refractivity contribution in [2.45, 2.75) is 12.5 Å². The van der Waals surface area contributed by atoms with E-state index in [0.29, 0.717) is 17.1 Å². The zero-order chi connectivity index (χ0) is 22.5. The van der Waals surface area contributed by atoms with Gasteiger partial charge in [0.1, 0.15) is 0 Å². The molecule has 0 radical (unpaired) electrons. The van der Waals surface area contributed by atoms with Crippen LogP contribution in [0.3, 0.4) is 0 Å². The van der Waals surface area contributed by atoms with Gasteiger partial charge in [0.05, 0.1) is 0 Å². The van der Waals surface area contributed by atoms with Gasteiger partial charge in [-0.2, -0.15) is 0 Å². The van der Waals surface area contributed by atoms with Gasteiger partial charge < -0.3 is 10.2 Å². The molecule has 1 unspecified atom stereocenters. The van der Waals surface area contributed by atoms with Gasteiger partial charge in [0, 0.05) is 23.2 Å². The molecule has 0 saturated carbocycles. The van der Waals surface area contributed by atoms with E-state index in [-0.39, 0.29) is 11.9 Å². The van der Waals surface area contributed by atoms with E-state index >= 15 is 0 Å². The maximum absolute atomic E-state index is 12.8. The molecule has 0 aliphatic heterocycles. The van der Waals surface area contributed by atoms with Crippen molar-refractivity contribution in [2.75, 3.05) is 20.6 Å². The Morgan fingerprint density at radius 2 is 1.59 bits per heavy atom. The summed E-state index contributed by atoms with van der Waals surface area (Å²) >= 11 is 5.99. The minimum Gasteiger partial charge on any atom is -0.352 e. The van der Waals surface area contributed by atoms with Crippen LogP contribution in [-0.4, -0.2) is 31.4 Å². The quantitative estimate of drug-likeness (QED) is 0.350. The molecule has 0 aliphatic carbocycles. The first kappa shape index (κ1) is 22.1. The average molecular weight is 443 g/mol. The van der Waals surface area contributed by atoms with Gasteiger partial charge in [-0.25, -0.2) is 0 Å². The van der Waals surface area contributed by atoms with E-state index < -0.39 is 0 Å². The molecule has 0 aromatic heterocycles. The highest BCUT2D eigenvalue weighted by Gasteiger charge is 2.15. The molecule has 4 heteroatoms. The fraction of sp³-hybridized carbons (Fsp3) is 0.179. The van der Waals surface area contributed by atoms with E-state index in [0.717, 1.165) is 17.5 Å². The van der Waals surface area contributed by atoms with Gasteiger partial charge in [-0.15, -0.1) is 0 Å². The SMILES string of the molecule is CN(C)C(CCNC(=O)c1cccc(-c2ccc(Cl)cc2)c1)c1ccc2ccccc2c1. The number of rotatable bonds is 7. The molecule has 4 aromatic carbocycles. The van der Waals surface area contributed by atoms with E-state index in [1.165, 1.54) is 16.3 Å². The van der Waals surface area contributed by atoms with Crippen LogP contribution in [-0.2, 0) is 0 Å². The van der Waals surface area contributed by atoms with Crippen LogP contribution in [0.5, 0.6) is 0 Å². The largest absolute Gasteiger partial charge is 0.352 e. The van der Waals surface area contributed by atoms with Crippen molar-refractivity contribution >= 4 is 28.3 Å². The first-order valence-corrected chi connectivity index (χ1v) is 11.2. The third-order valence-corrected chi connectivity index (χ3v) is 6.04. The predicted octanol–water partition coefficient (Wildman–Crippen LogP) is 6.58. The van der Waals surface area contributed by atoms with Gasteiger partial charge >= 0.3 is 0 Å². The summed E-state index contributed by atoms with van der Waals surface area (Å²) in [5, 5.41) is 6.27. The Labute approximate surface area is 194 Å². The molecular formula is C28H27ClN2O. The number of amides is 1.